The van der Waals surface area contributed by atoms with Gasteiger partial charge >= 0.3 is 0 Å². The molecule has 0 aliphatic heterocycles. The zero-order chi connectivity index (χ0) is 41.0. The number of aromatic nitrogens is 4. The van der Waals surface area contributed by atoms with Crippen molar-refractivity contribution in [3.05, 3.63) is 218 Å². The minimum absolute atomic E-state index is 0.584. The summed E-state index contributed by atoms with van der Waals surface area (Å²) in [7, 11) is 0. The third-order valence-electron chi connectivity index (χ3n) is 11.8. The van der Waals surface area contributed by atoms with Crippen LogP contribution in [0.5, 0.6) is 0 Å². The fourth-order valence-electron chi connectivity index (χ4n) is 8.86. The fourth-order valence-corrected chi connectivity index (χ4v) is 8.86. The predicted octanol–water partition coefficient (Wildman–Crippen LogP) is 14.9. The number of nitrogens with zero attached hydrogens (tertiary/aromatic N) is 4. The minimum Gasteiger partial charge on any atom is -0.456 e. The van der Waals surface area contributed by atoms with Crippen molar-refractivity contribution in [3.63, 3.8) is 0 Å². The molecule has 0 bridgehead atoms. The Morgan fingerprint density at radius 2 is 0.758 bits per heavy atom. The van der Waals surface area contributed by atoms with Gasteiger partial charge in [-0.3, -0.25) is 0 Å². The molecule has 0 amide bonds. The standard InChI is InChI=1S/C57H36N4O/c1-4-14-37(15-5-1)40-26-29-46(30-27-40)61-50-25-11-10-24-47(50)48-31-33-52-53(54(48)61)49-36-45(28-32-51(49)62-52)57-59-55(43-22-12-20-41(34-43)38-16-6-2-7-17-38)58-56(60-57)44-23-13-21-42(35-44)39-18-8-3-9-19-39/h1-36H. The highest BCUT2D eigenvalue weighted by atomic mass is 16.3. The SMILES string of the molecule is c1ccc(-c2ccc(-n3c4ccccc4c4ccc5oc6ccc(-c7nc(-c8cccc(-c9ccccc9)c8)nc(-c8cccc(-c9ccccc9)c8)n7)cc6c5c43)cc2)cc1. The van der Waals surface area contributed by atoms with E-state index in [1.807, 2.05) is 18.2 Å². The quantitative estimate of drug-likeness (QED) is 0.161. The van der Waals surface area contributed by atoms with Crippen LogP contribution in [-0.2, 0) is 0 Å². The lowest BCUT2D eigenvalue weighted by Gasteiger charge is -2.11. The van der Waals surface area contributed by atoms with Crippen LogP contribution in [-0.4, -0.2) is 19.5 Å². The zero-order valence-electron chi connectivity index (χ0n) is 33.5. The number of rotatable bonds is 7. The smallest absolute Gasteiger partial charge is 0.164 e. The van der Waals surface area contributed by atoms with Crippen molar-refractivity contribution in [2.45, 2.75) is 0 Å². The number of hydrogen-bond donors (Lipinski definition) is 0. The van der Waals surface area contributed by atoms with Crippen LogP contribution in [0.3, 0.4) is 0 Å². The molecule has 0 N–H and O–H groups in total. The van der Waals surface area contributed by atoms with E-state index in [0.717, 1.165) is 83.0 Å². The molecule has 12 rings (SSSR count). The molecule has 290 valence electrons. The molecule has 62 heavy (non-hydrogen) atoms. The summed E-state index contributed by atoms with van der Waals surface area (Å²) in [4.78, 5) is 15.6. The second-order valence-corrected chi connectivity index (χ2v) is 15.6. The van der Waals surface area contributed by atoms with Gasteiger partial charge in [0.05, 0.1) is 16.4 Å². The Hall–Kier alpha value is -8.41. The molecule has 0 unspecified atom stereocenters. The number of furan rings is 1. The molecule has 0 aliphatic carbocycles. The van der Waals surface area contributed by atoms with Crippen molar-refractivity contribution < 1.29 is 4.42 Å². The van der Waals surface area contributed by atoms with E-state index in [-0.39, 0.29) is 0 Å². The highest BCUT2D eigenvalue weighted by Crippen LogP contribution is 2.42. The maximum absolute atomic E-state index is 6.65. The van der Waals surface area contributed by atoms with Crippen molar-refractivity contribution >= 4 is 43.7 Å². The van der Waals surface area contributed by atoms with Gasteiger partial charge in [0, 0.05) is 38.5 Å². The van der Waals surface area contributed by atoms with Crippen LogP contribution in [0.15, 0.2) is 223 Å². The van der Waals surface area contributed by atoms with E-state index in [4.69, 9.17) is 19.4 Å². The van der Waals surface area contributed by atoms with Crippen LogP contribution < -0.4 is 0 Å². The van der Waals surface area contributed by atoms with E-state index in [1.165, 1.54) is 16.5 Å². The molecule has 0 saturated heterocycles. The van der Waals surface area contributed by atoms with Gasteiger partial charge in [0.1, 0.15) is 11.2 Å². The van der Waals surface area contributed by atoms with E-state index < -0.39 is 0 Å². The van der Waals surface area contributed by atoms with Crippen LogP contribution in [0.4, 0.5) is 0 Å². The molecule has 0 fully saturated rings. The van der Waals surface area contributed by atoms with Gasteiger partial charge in [-0.05, 0) is 94.0 Å². The van der Waals surface area contributed by atoms with Gasteiger partial charge in [-0.1, -0.05) is 158 Å². The van der Waals surface area contributed by atoms with Gasteiger partial charge in [-0.15, -0.1) is 0 Å². The van der Waals surface area contributed by atoms with Crippen LogP contribution >= 0.6 is 0 Å². The molecule has 5 nitrogen and oxygen atoms in total. The van der Waals surface area contributed by atoms with E-state index in [9.17, 15) is 0 Å². The summed E-state index contributed by atoms with van der Waals surface area (Å²) in [6.07, 6.45) is 0. The molecule has 0 aliphatic rings. The summed E-state index contributed by atoms with van der Waals surface area (Å²) in [6, 6.07) is 76.2. The predicted molar refractivity (Wildman–Crippen MR) is 254 cm³/mol. The summed E-state index contributed by atoms with van der Waals surface area (Å²) >= 11 is 0. The average Bonchev–Trinajstić information content (AvgIpc) is 3.90. The van der Waals surface area contributed by atoms with Crippen molar-refractivity contribution in [1.29, 1.82) is 0 Å². The topological polar surface area (TPSA) is 56.7 Å². The second kappa shape index (κ2) is 14.7. The van der Waals surface area contributed by atoms with E-state index in [2.05, 4.69) is 205 Å². The van der Waals surface area contributed by atoms with Gasteiger partial charge in [0.25, 0.3) is 0 Å². The lowest BCUT2D eigenvalue weighted by atomic mass is 10.0. The Morgan fingerprint density at radius 1 is 0.306 bits per heavy atom. The van der Waals surface area contributed by atoms with Crippen molar-refractivity contribution in [2.24, 2.45) is 0 Å². The highest BCUT2D eigenvalue weighted by molar-refractivity contribution is 6.24. The van der Waals surface area contributed by atoms with Crippen molar-refractivity contribution in [1.82, 2.24) is 19.5 Å². The highest BCUT2D eigenvalue weighted by Gasteiger charge is 2.21. The molecule has 0 saturated carbocycles. The van der Waals surface area contributed by atoms with Gasteiger partial charge in [-0.25, -0.2) is 15.0 Å². The fraction of sp³-hybridized carbons (Fsp3) is 0. The normalized spacial score (nSPS) is 11.5. The summed E-state index contributed by atoms with van der Waals surface area (Å²) in [5.74, 6) is 1.79. The zero-order valence-corrected chi connectivity index (χ0v) is 33.5. The van der Waals surface area contributed by atoms with E-state index in [0.29, 0.717) is 17.5 Å². The molecule has 3 heterocycles. The Labute approximate surface area is 357 Å². The van der Waals surface area contributed by atoms with Gasteiger partial charge in [0.15, 0.2) is 17.5 Å². The maximum atomic E-state index is 6.65. The first-order chi connectivity index (χ1) is 30.7. The summed E-state index contributed by atoms with van der Waals surface area (Å²) in [5.41, 5.74) is 14.4. The van der Waals surface area contributed by atoms with Crippen LogP contribution in [0.25, 0.3) is 117 Å². The van der Waals surface area contributed by atoms with Gasteiger partial charge in [-0.2, -0.15) is 0 Å². The number of fused-ring (bicyclic) bond motifs is 7. The monoisotopic (exact) mass is 792 g/mol. The Kier molecular flexibility index (Phi) is 8.42. The van der Waals surface area contributed by atoms with Crippen molar-refractivity contribution in [2.75, 3.05) is 0 Å². The van der Waals surface area contributed by atoms with Crippen molar-refractivity contribution in [3.8, 4) is 73.2 Å². The summed E-state index contributed by atoms with van der Waals surface area (Å²) in [6.45, 7) is 0. The number of hydrogen-bond acceptors (Lipinski definition) is 4. The van der Waals surface area contributed by atoms with Gasteiger partial charge < -0.3 is 8.98 Å². The second-order valence-electron chi connectivity index (χ2n) is 15.6. The number of benzene rings is 9. The lowest BCUT2D eigenvalue weighted by Crippen LogP contribution is -2.00. The molecule has 5 heteroatoms. The summed E-state index contributed by atoms with van der Waals surface area (Å²) in [5, 5.41) is 4.39. The first kappa shape index (κ1) is 35.5. The maximum Gasteiger partial charge on any atom is 0.164 e. The molecular weight excluding hydrogens is 757 g/mol. The Balaban J connectivity index is 1.06. The first-order valence-electron chi connectivity index (χ1n) is 20.8. The lowest BCUT2D eigenvalue weighted by molar-refractivity contribution is 0.669. The third-order valence-corrected chi connectivity index (χ3v) is 11.8. The van der Waals surface area contributed by atoms with Crippen LogP contribution in [0.2, 0.25) is 0 Å². The molecule has 3 aromatic heterocycles. The minimum atomic E-state index is 0.584. The first-order valence-corrected chi connectivity index (χ1v) is 20.8. The Morgan fingerprint density at radius 3 is 1.35 bits per heavy atom. The molecular formula is C57H36N4O. The largest absolute Gasteiger partial charge is 0.456 e. The van der Waals surface area contributed by atoms with Crippen LogP contribution in [0.1, 0.15) is 0 Å². The summed E-state index contributed by atoms with van der Waals surface area (Å²) < 4.78 is 9.02. The molecule has 9 aromatic carbocycles. The van der Waals surface area contributed by atoms with Gasteiger partial charge in [0.2, 0.25) is 0 Å². The van der Waals surface area contributed by atoms with E-state index >= 15 is 0 Å². The average molecular weight is 793 g/mol. The molecule has 0 atom stereocenters. The van der Waals surface area contributed by atoms with E-state index in [1.54, 1.807) is 0 Å². The third kappa shape index (κ3) is 6.14. The van der Waals surface area contributed by atoms with Crippen LogP contribution in [0, 0.1) is 0 Å². The molecule has 12 aromatic rings. The number of para-hydroxylation sites is 1. The molecule has 0 spiro atoms. The Bertz CT molecular complexity index is 3510. The molecule has 0 radical (unpaired) electrons.